The second-order valence-electron chi connectivity index (χ2n) is 6.76. The minimum absolute atomic E-state index is 0.0610. The summed E-state index contributed by atoms with van der Waals surface area (Å²) < 4.78 is 50.3. The van der Waals surface area contributed by atoms with Crippen LogP contribution in [0.3, 0.4) is 0 Å². The maximum absolute atomic E-state index is 13.1. The van der Waals surface area contributed by atoms with Crippen molar-refractivity contribution in [3.63, 3.8) is 0 Å². The van der Waals surface area contributed by atoms with E-state index in [2.05, 4.69) is 5.32 Å². The third kappa shape index (κ3) is 4.58. The van der Waals surface area contributed by atoms with Gasteiger partial charge in [0.05, 0.1) is 16.2 Å². The van der Waals surface area contributed by atoms with Crippen molar-refractivity contribution in [2.45, 2.75) is 12.6 Å². The van der Waals surface area contributed by atoms with Crippen LogP contribution < -0.4 is 14.8 Å². The Bertz CT molecular complexity index is 1130. The van der Waals surface area contributed by atoms with Gasteiger partial charge in [-0.2, -0.15) is 13.2 Å². The molecule has 1 fully saturated rings. The molecule has 2 aliphatic rings. The molecule has 0 radical (unpaired) electrons. The molecule has 1 N–H and O–H groups in total. The van der Waals surface area contributed by atoms with Crippen LogP contribution in [0.25, 0.3) is 6.08 Å². The van der Waals surface area contributed by atoms with E-state index >= 15 is 0 Å². The number of ether oxygens (including phenoxy) is 2. The summed E-state index contributed by atoms with van der Waals surface area (Å²) in [5.74, 6) is 0.0525. The first-order chi connectivity index (χ1) is 15.2. The Morgan fingerprint density at radius 2 is 1.97 bits per heavy atom. The van der Waals surface area contributed by atoms with Crippen LogP contribution in [-0.4, -0.2) is 34.4 Å². The van der Waals surface area contributed by atoms with Crippen molar-refractivity contribution >= 4 is 51.9 Å². The van der Waals surface area contributed by atoms with Gasteiger partial charge >= 0.3 is 6.18 Å². The first-order valence-corrected chi connectivity index (χ1v) is 10.6. The number of fused-ring (bicyclic) bond motifs is 1. The Kier molecular flexibility index (Phi) is 6.11. The number of halogens is 3. The highest BCUT2D eigenvalue weighted by Crippen LogP contribution is 2.39. The highest BCUT2D eigenvalue weighted by atomic mass is 32.2. The molecule has 4 rings (SSSR count). The summed E-state index contributed by atoms with van der Waals surface area (Å²) in [7, 11) is 0. The second kappa shape index (κ2) is 8.83. The largest absolute Gasteiger partial charge is 0.454 e. The number of alkyl halides is 3. The van der Waals surface area contributed by atoms with Gasteiger partial charge in [-0.15, -0.1) is 0 Å². The number of para-hydroxylation sites is 2. The van der Waals surface area contributed by atoms with E-state index < -0.39 is 17.6 Å². The van der Waals surface area contributed by atoms with E-state index in [1.165, 1.54) is 23.1 Å². The van der Waals surface area contributed by atoms with Crippen molar-refractivity contribution < 1.29 is 32.2 Å². The van der Waals surface area contributed by atoms with E-state index in [0.717, 1.165) is 17.8 Å². The van der Waals surface area contributed by atoms with Crippen LogP contribution in [-0.2, 0) is 15.8 Å². The predicted molar refractivity (Wildman–Crippen MR) is 117 cm³/mol. The topological polar surface area (TPSA) is 67.9 Å². The molecule has 0 bridgehead atoms. The molecule has 2 aromatic rings. The maximum atomic E-state index is 13.1. The number of hydrogen-bond donors (Lipinski definition) is 1. The van der Waals surface area contributed by atoms with Gasteiger partial charge in [-0.1, -0.05) is 48.2 Å². The van der Waals surface area contributed by atoms with Crippen molar-refractivity contribution in [2.75, 3.05) is 18.7 Å². The van der Waals surface area contributed by atoms with Gasteiger partial charge in [0.15, 0.2) is 11.5 Å². The number of nitrogens with zero attached hydrogens (tertiary/aromatic N) is 1. The van der Waals surface area contributed by atoms with Crippen molar-refractivity contribution in [1.82, 2.24) is 4.90 Å². The Balaban J connectivity index is 1.42. The predicted octanol–water partition coefficient (Wildman–Crippen LogP) is 4.66. The molecular weight excluding hydrogens is 465 g/mol. The van der Waals surface area contributed by atoms with E-state index in [-0.39, 0.29) is 35.7 Å². The fourth-order valence-electron chi connectivity index (χ4n) is 3.17. The van der Waals surface area contributed by atoms with Crippen molar-refractivity contribution in [3.8, 4) is 11.5 Å². The van der Waals surface area contributed by atoms with Gasteiger partial charge in [-0.25, -0.2) is 0 Å². The van der Waals surface area contributed by atoms with Crippen LogP contribution in [0.5, 0.6) is 11.5 Å². The molecule has 0 unspecified atom stereocenters. The standard InChI is InChI=1S/C21H15F3N2O4S2/c22-21(23,24)13-5-1-2-6-14(13)25-17(27)8-9-26-19(28)16(32-20(26)31)10-12-4-3-7-15-18(12)30-11-29-15/h1-7,10H,8-9,11H2,(H,25,27). The Morgan fingerprint density at radius 1 is 1.19 bits per heavy atom. The van der Waals surface area contributed by atoms with Crippen LogP contribution in [0.2, 0.25) is 0 Å². The lowest BCUT2D eigenvalue weighted by molar-refractivity contribution is -0.137. The molecule has 0 atom stereocenters. The first kappa shape index (κ1) is 22.2. The zero-order chi connectivity index (χ0) is 22.9. The Labute approximate surface area is 190 Å². The summed E-state index contributed by atoms with van der Waals surface area (Å²) in [5, 5.41) is 2.26. The summed E-state index contributed by atoms with van der Waals surface area (Å²) in [4.78, 5) is 26.6. The van der Waals surface area contributed by atoms with Gasteiger partial charge in [-0.05, 0) is 24.3 Å². The summed E-state index contributed by atoms with van der Waals surface area (Å²) in [6.45, 7) is 0.0300. The molecule has 0 aromatic heterocycles. The fourth-order valence-corrected chi connectivity index (χ4v) is 4.47. The molecule has 2 aliphatic heterocycles. The number of thiocarbonyl (C=S) groups is 1. The molecule has 6 nitrogen and oxygen atoms in total. The third-order valence-corrected chi connectivity index (χ3v) is 6.03. The first-order valence-electron chi connectivity index (χ1n) is 9.34. The van der Waals surface area contributed by atoms with Gasteiger partial charge in [0, 0.05) is 18.5 Å². The van der Waals surface area contributed by atoms with Crippen LogP contribution in [0.1, 0.15) is 17.5 Å². The van der Waals surface area contributed by atoms with Crippen LogP contribution in [0.4, 0.5) is 18.9 Å². The van der Waals surface area contributed by atoms with Crippen LogP contribution >= 0.6 is 24.0 Å². The summed E-state index contributed by atoms with van der Waals surface area (Å²) in [5.41, 5.74) is -0.624. The molecule has 0 aliphatic carbocycles. The number of thioether (sulfide) groups is 1. The second-order valence-corrected chi connectivity index (χ2v) is 8.43. The van der Waals surface area contributed by atoms with Crippen molar-refractivity contribution in [3.05, 3.63) is 58.5 Å². The van der Waals surface area contributed by atoms with Gasteiger partial charge in [0.25, 0.3) is 5.91 Å². The molecule has 32 heavy (non-hydrogen) atoms. The minimum atomic E-state index is -4.60. The molecule has 166 valence electrons. The molecule has 11 heteroatoms. The molecule has 1 saturated heterocycles. The Morgan fingerprint density at radius 3 is 2.75 bits per heavy atom. The highest BCUT2D eigenvalue weighted by molar-refractivity contribution is 8.26. The molecule has 2 aromatic carbocycles. The number of rotatable bonds is 5. The zero-order valence-electron chi connectivity index (χ0n) is 16.3. The molecular formula is C21H15F3N2O4S2. The number of carbonyl (C=O) groups is 2. The summed E-state index contributed by atoms with van der Waals surface area (Å²) in [6, 6.07) is 9.98. The van der Waals surface area contributed by atoms with Gasteiger partial charge < -0.3 is 14.8 Å². The van der Waals surface area contributed by atoms with E-state index in [1.807, 2.05) is 0 Å². The maximum Gasteiger partial charge on any atom is 0.418 e. The Hall–Kier alpha value is -3.05. The van der Waals surface area contributed by atoms with Crippen molar-refractivity contribution in [2.24, 2.45) is 0 Å². The minimum Gasteiger partial charge on any atom is -0.454 e. The molecule has 0 spiro atoms. The van der Waals surface area contributed by atoms with E-state index in [4.69, 9.17) is 21.7 Å². The molecule has 2 heterocycles. The fraction of sp³-hybridized carbons (Fsp3) is 0.190. The number of benzene rings is 2. The molecule has 0 saturated carbocycles. The lowest BCUT2D eigenvalue weighted by Crippen LogP contribution is -2.31. The van der Waals surface area contributed by atoms with Crippen LogP contribution in [0.15, 0.2) is 47.4 Å². The van der Waals surface area contributed by atoms with E-state index in [1.54, 1.807) is 24.3 Å². The number of amides is 2. The van der Waals surface area contributed by atoms with Crippen LogP contribution in [0, 0.1) is 0 Å². The lowest BCUT2D eigenvalue weighted by atomic mass is 10.1. The van der Waals surface area contributed by atoms with Gasteiger partial charge in [-0.3, -0.25) is 14.5 Å². The summed E-state index contributed by atoms with van der Waals surface area (Å²) in [6.07, 6.45) is -3.19. The number of hydrogen-bond acceptors (Lipinski definition) is 6. The normalized spacial score (nSPS) is 16.7. The third-order valence-electron chi connectivity index (χ3n) is 4.66. The molecule has 2 amide bonds. The SMILES string of the molecule is O=C(CCN1C(=O)C(=Cc2cccc3c2OCO3)SC1=S)Nc1ccccc1C(F)(F)F. The summed E-state index contributed by atoms with van der Waals surface area (Å²) >= 11 is 6.33. The van der Waals surface area contributed by atoms with Gasteiger partial charge in [0.1, 0.15) is 4.32 Å². The van der Waals surface area contributed by atoms with Crippen molar-refractivity contribution in [1.29, 1.82) is 0 Å². The van der Waals surface area contributed by atoms with Gasteiger partial charge in [0.2, 0.25) is 12.7 Å². The van der Waals surface area contributed by atoms with E-state index in [0.29, 0.717) is 22.0 Å². The number of carbonyl (C=O) groups excluding carboxylic acids is 2. The average Bonchev–Trinajstić information content (AvgIpc) is 3.32. The quantitative estimate of drug-likeness (QED) is 0.496. The number of nitrogens with one attached hydrogen (secondary N) is 1. The van der Waals surface area contributed by atoms with E-state index in [9.17, 15) is 22.8 Å². The lowest BCUT2D eigenvalue weighted by Gasteiger charge is -2.16. The smallest absolute Gasteiger partial charge is 0.418 e. The highest BCUT2D eigenvalue weighted by Gasteiger charge is 2.35. The average molecular weight is 480 g/mol. The monoisotopic (exact) mass is 480 g/mol. The zero-order valence-corrected chi connectivity index (χ0v) is 17.9. The number of anilines is 1.